The van der Waals surface area contributed by atoms with Gasteiger partial charge < -0.3 is 19.1 Å². The van der Waals surface area contributed by atoms with Gasteiger partial charge in [-0.25, -0.2) is 9.18 Å². The van der Waals surface area contributed by atoms with Gasteiger partial charge in [-0.15, -0.1) is 0 Å². The summed E-state index contributed by atoms with van der Waals surface area (Å²) in [4.78, 5) is 11.6. The van der Waals surface area contributed by atoms with Gasteiger partial charge in [0.25, 0.3) is 0 Å². The van der Waals surface area contributed by atoms with Crippen LogP contribution in [0.2, 0.25) is 0 Å². The van der Waals surface area contributed by atoms with Crippen molar-refractivity contribution < 1.29 is 23.8 Å². The van der Waals surface area contributed by atoms with Crippen molar-refractivity contribution in [2.24, 2.45) is 0 Å². The maximum atomic E-state index is 14.4. The van der Waals surface area contributed by atoms with Crippen molar-refractivity contribution in [1.29, 1.82) is 0 Å². The summed E-state index contributed by atoms with van der Waals surface area (Å²) >= 11 is 0. The molecule has 6 rings (SSSR count). The average molecular weight is 554 g/mol. The lowest BCUT2D eigenvalue weighted by atomic mass is 9.77. The molecule has 2 fully saturated rings. The van der Waals surface area contributed by atoms with Crippen LogP contribution in [0.4, 0.5) is 4.39 Å². The second kappa shape index (κ2) is 11.9. The van der Waals surface area contributed by atoms with E-state index in [1.165, 1.54) is 17.3 Å². The molecule has 212 valence electrons. The van der Waals surface area contributed by atoms with Crippen LogP contribution in [0, 0.1) is 12.7 Å². The molecule has 4 aromatic rings. The van der Waals surface area contributed by atoms with Crippen LogP contribution in [0.3, 0.4) is 0 Å². The van der Waals surface area contributed by atoms with Crippen molar-refractivity contribution in [1.82, 2.24) is 4.57 Å². The molecule has 0 amide bonds. The summed E-state index contributed by atoms with van der Waals surface area (Å²) < 4.78 is 28.8. The monoisotopic (exact) mass is 553 g/mol. The van der Waals surface area contributed by atoms with E-state index < -0.39 is 5.97 Å². The molecule has 1 aromatic heterocycles. The molecular weight excluding hydrogens is 517 g/mol. The molecule has 2 heterocycles. The largest absolute Gasteiger partial charge is 0.489 e. The SMILES string of the molecule is Cc1cc(-n2c(C3CCOCC3)c(C3CCC/C(=C\C(=O)O)C3)c3cc(OCc4ccccc4)ccc32)ccc1F. The lowest BCUT2D eigenvalue weighted by molar-refractivity contribution is -0.131. The van der Waals surface area contributed by atoms with E-state index in [4.69, 9.17) is 9.47 Å². The minimum atomic E-state index is -0.883. The zero-order valence-electron chi connectivity index (χ0n) is 23.4. The Labute approximate surface area is 240 Å². The van der Waals surface area contributed by atoms with E-state index in [-0.39, 0.29) is 17.7 Å². The van der Waals surface area contributed by atoms with Crippen LogP contribution in [0.25, 0.3) is 16.6 Å². The Kier molecular flexibility index (Phi) is 7.93. The second-order valence-electron chi connectivity index (χ2n) is 11.3. The molecule has 1 N–H and O–H groups in total. The van der Waals surface area contributed by atoms with Crippen molar-refractivity contribution in [3.8, 4) is 11.4 Å². The van der Waals surface area contributed by atoms with Crippen LogP contribution in [-0.4, -0.2) is 28.9 Å². The van der Waals surface area contributed by atoms with Gasteiger partial charge in [0, 0.05) is 42.0 Å². The first-order chi connectivity index (χ1) is 20.0. The van der Waals surface area contributed by atoms with Crippen LogP contribution in [-0.2, 0) is 16.1 Å². The van der Waals surface area contributed by atoms with E-state index in [2.05, 4.69) is 28.8 Å². The zero-order chi connectivity index (χ0) is 28.3. The number of aromatic nitrogens is 1. The van der Waals surface area contributed by atoms with E-state index in [0.717, 1.165) is 72.0 Å². The number of ether oxygens (including phenoxy) is 2. The predicted molar refractivity (Wildman–Crippen MR) is 158 cm³/mol. The summed E-state index contributed by atoms with van der Waals surface area (Å²) in [5.41, 5.74) is 7.22. The van der Waals surface area contributed by atoms with Crippen molar-refractivity contribution >= 4 is 16.9 Å². The lowest BCUT2D eigenvalue weighted by Crippen LogP contribution is -2.20. The third-order valence-corrected chi connectivity index (χ3v) is 8.57. The molecule has 1 aliphatic carbocycles. The van der Waals surface area contributed by atoms with Crippen LogP contribution in [0.15, 0.2) is 78.4 Å². The Morgan fingerprint density at radius 1 is 1.05 bits per heavy atom. The topological polar surface area (TPSA) is 60.7 Å². The van der Waals surface area contributed by atoms with Gasteiger partial charge in [-0.1, -0.05) is 35.9 Å². The number of rotatable bonds is 7. The third kappa shape index (κ3) is 5.80. The minimum Gasteiger partial charge on any atom is -0.489 e. The Morgan fingerprint density at radius 3 is 2.61 bits per heavy atom. The molecule has 1 aliphatic heterocycles. The molecule has 41 heavy (non-hydrogen) atoms. The Hall–Kier alpha value is -3.90. The van der Waals surface area contributed by atoms with Gasteiger partial charge in [0.05, 0.1) is 5.52 Å². The van der Waals surface area contributed by atoms with E-state index in [1.54, 1.807) is 13.0 Å². The molecular formula is C35H36FNO4. The summed E-state index contributed by atoms with van der Waals surface area (Å²) in [6, 6.07) is 21.8. The van der Waals surface area contributed by atoms with Crippen LogP contribution < -0.4 is 4.74 Å². The third-order valence-electron chi connectivity index (χ3n) is 8.57. The highest BCUT2D eigenvalue weighted by Gasteiger charge is 2.32. The number of hydrogen-bond acceptors (Lipinski definition) is 3. The highest BCUT2D eigenvalue weighted by Crippen LogP contribution is 2.47. The summed E-state index contributed by atoms with van der Waals surface area (Å²) in [6.45, 7) is 3.68. The van der Waals surface area contributed by atoms with Crippen molar-refractivity contribution in [3.63, 3.8) is 0 Å². The number of hydrogen-bond donors (Lipinski definition) is 1. The Balaban J connectivity index is 1.54. The van der Waals surface area contributed by atoms with Crippen LogP contribution in [0.5, 0.6) is 5.75 Å². The van der Waals surface area contributed by atoms with Crippen molar-refractivity contribution in [2.75, 3.05) is 13.2 Å². The standard InChI is InChI=1S/C35H36FNO4/c1-23-18-28(10-12-31(23)36)37-32-13-11-29(41-22-24-6-3-2-4-7-24)21-30(32)34(35(37)26-14-16-40-17-15-26)27-9-5-8-25(19-27)20-33(38)39/h2-4,6-7,10-13,18,20-21,26-27H,5,8-9,14-17,19,22H2,1H3,(H,38,39)/b25-20+. The number of nitrogens with zero attached hydrogens (tertiary/aromatic N) is 1. The molecule has 0 bridgehead atoms. The summed E-state index contributed by atoms with van der Waals surface area (Å²) in [6.07, 6.45) is 6.69. The number of fused-ring (bicyclic) bond motifs is 1. The molecule has 0 radical (unpaired) electrons. The van der Waals surface area contributed by atoms with Crippen molar-refractivity contribution in [2.45, 2.75) is 63.9 Å². The maximum absolute atomic E-state index is 14.4. The molecule has 2 aliphatic rings. The van der Waals surface area contributed by atoms with Gasteiger partial charge >= 0.3 is 5.97 Å². The lowest BCUT2D eigenvalue weighted by Gasteiger charge is -2.30. The fourth-order valence-electron chi connectivity index (χ4n) is 6.64. The first-order valence-electron chi connectivity index (χ1n) is 14.6. The zero-order valence-corrected chi connectivity index (χ0v) is 23.4. The summed E-state index contributed by atoms with van der Waals surface area (Å²) in [5, 5.41) is 10.6. The fourth-order valence-corrected chi connectivity index (χ4v) is 6.64. The van der Waals surface area contributed by atoms with Crippen molar-refractivity contribution in [3.05, 3.63) is 107 Å². The van der Waals surface area contributed by atoms with E-state index in [1.807, 2.05) is 36.4 Å². The molecule has 3 aromatic carbocycles. The Bertz CT molecular complexity index is 1580. The minimum absolute atomic E-state index is 0.182. The first-order valence-corrected chi connectivity index (χ1v) is 14.6. The highest BCUT2D eigenvalue weighted by atomic mass is 19.1. The molecule has 1 atom stereocenters. The fraction of sp³-hybridized carbons (Fsp3) is 0.343. The normalized spacial score (nSPS) is 19.1. The predicted octanol–water partition coefficient (Wildman–Crippen LogP) is 8.22. The van der Waals surface area contributed by atoms with Gasteiger partial charge in [0.15, 0.2) is 0 Å². The molecule has 1 saturated carbocycles. The van der Waals surface area contributed by atoms with Gasteiger partial charge in [-0.05, 0) is 104 Å². The summed E-state index contributed by atoms with van der Waals surface area (Å²) in [5.74, 6) is 0.156. The number of benzene rings is 3. The molecule has 1 unspecified atom stereocenters. The van der Waals surface area contributed by atoms with E-state index in [9.17, 15) is 14.3 Å². The molecule has 6 heteroatoms. The molecule has 0 spiro atoms. The Morgan fingerprint density at radius 2 is 1.85 bits per heavy atom. The summed E-state index contributed by atoms with van der Waals surface area (Å²) in [7, 11) is 0. The number of carbonyl (C=O) groups is 1. The van der Waals surface area contributed by atoms with Crippen LogP contribution in [0.1, 0.15) is 72.7 Å². The number of carboxylic acids is 1. The first kappa shape index (κ1) is 27.3. The number of carboxylic acid groups (broad SMARTS) is 1. The van der Waals surface area contributed by atoms with Gasteiger partial charge in [0.2, 0.25) is 0 Å². The smallest absolute Gasteiger partial charge is 0.328 e. The average Bonchev–Trinajstić information content (AvgIpc) is 3.33. The van der Waals surface area contributed by atoms with Crippen LogP contribution >= 0.6 is 0 Å². The van der Waals surface area contributed by atoms with E-state index in [0.29, 0.717) is 25.4 Å². The van der Waals surface area contributed by atoms with Gasteiger partial charge in [0.1, 0.15) is 18.2 Å². The maximum Gasteiger partial charge on any atom is 0.328 e. The highest BCUT2D eigenvalue weighted by molar-refractivity contribution is 5.90. The van der Waals surface area contributed by atoms with Gasteiger partial charge in [-0.3, -0.25) is 0 Å². The number of aryl methyl sites for hydroxylation is 1. The quantitative estimate of drug-likeness (QED) is 0.234. The number of allylic oxidation sites excluding steroid dienone is 1. The molecule has 1 saturated heterocycles. The molecule has 5 nitrogen and oxygen atoms in total. The number of halogens is 1. The number of aliphatic carboxylic acids is 1. The second-order valence-corrected chi connectivity index (χ2v) is 11.3. The van der Waals surface area contributed by atoms with Gasteiger partial charge in [-0.2, -0.15) is 0 Å². The van der Waals surface area contributed by atoms with E-state index >= 15 is 0 Å².